The number of nitrogens with zero attached hydrogens (tertiary/aromatic N) is 1. The summed E-state index contributed by atoms with van der Waals surface area (Å²) in [6.07, 6.45) is 0. The van der Waals surface area contributed by atoms with Crippen molar-refractivity contribution in [3.63, 3.8) is 0 Å². The molecule has 0 atom stereocenters. The van der Waals surface area contributed by atoms with Crippen LogP contribution in [0, 0.1) is 6.92 Å². The minimum Gasteiger partial charge on any atom is -0.313 e. The van der Waals surface area contributed by atoms with Crippen LogP contribution in [0.3, 0.4) is 0 Å². The normalized spacial score (nSPS) is 10.7. The van der Waals surface area contributed by atoms with Crippen LogP contribution < -0.4 is 5.32 Å². The highest BCUT2D eigenvalue weighted by Crippen LogP contribution is 2.32. The first-order valence-corrected chi connectivity index (χ1v) is 7.38. The summed E-state index contributed by atoms with van der Waals surface area (Å²) in [7, 11) is 0. The van der Waals surface area contributed by atoms with Crippen molar-refractivity contribution in [3.8, 4) is 0 Å². The predicted octanol–water partition coefficient (Wildman–Crippen LogP) is 3.71. The SMILES string of the molecule is CCNCc1ccccc1Sc1nc(C)cs1. The number of aromatic nitrogens is 1. The molecule has 1 aromatic heterocycles. The van der Waals surface area contributed by atoms with Gasteiger partial charge >= 0.3 is 0 Å². The predicted molar refractivity (Wildman–Crippen MR) is 74.8 cm³/mol. The topological polar surface area (TPSA) is 24.9 Å². The van der Waals surface area contributed by atoms with Crippen molar-refractivity contribution in [1.29, 1.82) is 0 Å². The maximum Gasteiger partial charge on any atom is 0.154 e. The van der Waals surface area contributed by atoms with Crippen LogP contribution in [0.1, 0.15) is 18.2 Å². The quantitative estimate of drug-likeness (QED) is 0.891. The number of hydrogen-bond acceptors (Lipinski definition) is 4. The minimum atomic E-state index is 0.921. The smallest absolute Gasteiger partial charge is 0.154 e. The van der Waals surface area contributed by atoms with E-state index in [0.717, 1.165) is 23.1 Å². The largest absolute Gasteiger partial charge is 0.313 e. The molecule has 2 nitrogen and oxygen atoms in total. The Labute approximate surface area is 110 Å². The number of thiazole rings is 1. The summed E-state index contributed by atoms with van der Waals surface area (Å²) in [5, 5.41) is 5.46. The first kappa shape index (κ1) is 12.6. The molecule has 17 heavy (non-hydrogen) atoms. The second-order valence-corrected chi connectivity index (χ2v) is 5.89. The molecular formula is C13H16N2S2. The van der Waals surface area contributed by atoms with Gasteiger partial charge in [-0.15, -0.1) is 11.3 Å². The van der Waals surface area contributed by atoms with Gasteiger partial charge in [-0.25, -0.2) is 4.98 Å². The molecule has 2 rings (SSSR count). The standard InChI is InChI=1S/C13H16N2S2/c1-3-14-8-11-6-4-5-7-12(11)17-13-15-10(2)9-16-13/h4-7,9,14H,3,8H2,1-2H3. The van der Waals surface area contributed by atoms with Crippen LogP contribution in [-0.2, 0) is 6.54 Å². The molecule has 0 unspecified atom stereocenters. The highest BCUT2D eigenvalue weighted by atomic mass is 32.2. The number of aryl methyl sites for hydroxylation is 1. The molecule has 4 heteroatoms. The van der Waals surface area contributed by atoms with E-state index in [1.54, 1.807) is 23.1 Å². The second-order valence-electron chi connectivity index (χ2n) is 3.74. The first-order valence-electron chi connectivity index (χ1n) is 5.68. The van der Waals surface area contributed by atoms with Crippen molar-refractivity contribution in [2.45, 2.75) is 29.6 Å². The Bertz CT molecular complexity index is 480. The van der Waals surface area contributed by atoms with Crippen LogP contribution >= 0.6 is 23.1 Å². The van der Waals surface area contributed by atoms with Gasteiger partial charge in [-0.1, -0.05) is 36.9 Å². The molecule has 0 fully saturated rings. The number of rotatable bonds is 5. The summed E-state index contributed by atoms with van der Waals surface area (Å²) in [6, 6.07) is 8.50. The van der Waals surface area contributed by atoms with Crippen LogP contribution in [0.2, 0.25) is 0 Å². The lowest BCUT2D eigenvalue weighted by atomic mass is 10.2. The fourth-order valence-corrected chi connectivity index (χ4v) is 3.41. The van der Waals surface area contributed by atoms with Crippen molar-refractivity contribution >= 4 is 23.1 Å². The number of benzene rings is 1. The average molecular weight is 264 g/mol. The van der Waals surface area contributed by atoms with Crippen LogP contribution in [-0.4, -0.2) is 11.5 Å². The van der Waals surface area contributed by atoms with E-state index in [4.69, 9.17) is 0 Å². The molecule has 2 aromatic rings. The molecular weight excluding hydrogens is 248 g/mol. The van der Waals surface area contributed by atoms with Gasteiger partial charge in [-0.3, -0.25) is 0 Å². The van der Waals surface area contributed by atoms with Crippen molar-refractivity contribution in [2.24, 2.45) is 0 Å². The van der Waals surface area contributed by atoms with Gasteiger partial charge in [0.15, 0.2) is 4.34 Å². The van der Waals surface area contributed by atoms with E-state index in [-0.39, 0.29) is 0 Å². The Balaban J connectivity index is 2.14. The molecule has 0 amide bonds. The highest BCUT2D eigenvalue weighted by molar-refractivity contribution is 8.01. The molecule has 0 radical (unpaired) electrons. The van der Waals surface area contributed by atoms with Gasteiger partial charge in [-0.2, -0.15) is 0 Å². The van der Waals surface area contributed by atoms with Crippen LogP contribution in [0.25, 0.3) is 0 Å². The van der Waals surface area contributed by atoms with Gasteiger partial charge in [0.2, 0.25) is 0 Å². The monoisotopic (exact) mass is 264 g/mol. The lowest BCUT2D eigenvalue weighted by Crippen LogP contribution is -2.12. The van der Waals surface area contributed by atoms with Crippen molar-refractivity contribution in [1.82, 2.24) is 10.3 Å². The average Bonchev–Trinajstić information content (AvgIpc) is 2.74. The van der Waals surface area contributed by atoms with Gasteiger partial charge in [0.1, 0.15) is 0 Å². The molecule has 0 saturated carbocycles. The summed E-state index contributed by atoms with van der Waals surface area (Å²) in [5.41, 5.74) is 2.44. The van der Waals surface area contributed by atoms with Crippen molar-refractivity contribution < 1.29 is 0 Å². The second kappa shape index (κ2) is 6.19. The summed E-state index contributed by atoms with van der Waals surface area (Å²) >= 11 is 3.46. The molecule has 90 valence electrons. The maximum atomic E-state index is 4.49. The molecule has 0 aliphatic carbocycles. The molecule has 0 aliphatic heterocycles. The van der Waals surface area contributed by atoms with Crippen LogP contribution in [0.15, 0.2) is 38.9 Å². The van der Waals surface area contributed by atoms with Gasteiger partial charge < -0.3 is 5.32 Å². The molecule has 0 spiro atoms. The zero-order valence-corrected chi connectivity index (χ0v) is 11.7. The molecule has 1 aromatic carbocycles. The van der Waals surface area contributed by atoms with Gasteiger partial charge in [0.25, 0.3) is 0 Å². The molecule has 1 heterocycles. The van der Waals surface area contributed by atoms with E-state index in [1.165, 1.54) is 10.5 Å². The van der Waals surface area contributed by atoms with E-state index in [9.17, 15) is 0 Å². The van der Waals surface area contributed by atoms with E-state index < -0.39 is 0 Å². The summed E-state index contributed by atoms with van der Waals surface area (Å²) in [4.78, 5) is 5.78. The third-order valence-corrected chi connectivity index (χ3v) is 4.51. The Morgan fingerprint density at radius 1 is 1.35 bits per heavy atom. The Kier molecular flexibility index (Phi) is 4.59. The van der Waals surface area contributed by atoms with Gasteiger partial charge in [0, 0.05) is 22.5 Å². The van der Waals surface area contributed by atoms with E-state index in [0.29, 0.717) is 0 Å². The van der Waals surface area contributed by atoms with Crippen molar-refractivity contribution in [2.75, 3.05) is 6.54 Å². The lowest BCUT2D eigenvalue weighted by Gasteiger charge is -2.07. The Morgan fingerprint density at radius 2 is 2.18 bits per heavy atom. The maximum absolute atomic E-state index is 4.49. The Hall–Kier alpha value is -0.840. The summed E-state index contributed by atoms with van der Waals surface area (Å²) in [6.45, 7) is 6.07. The number of nitrogens with one attached hydrogen (secondary N) is 1. The molecule has 0 aliphatic rings. The van der Waals surface area contributed by atoms with E-state index in [1.807, 2.05) is 6.92 Å². The van der Waals surface area contributed by atoms with Gasteiger partial charge in [-0.05, 0) is 25.1 Å². The summed E-state index contributed by atoms with van der Waals surface area (Å²) < 4.78 is 1.12. The zero-order valence-electron chi connectivity index (χ0n) is 10.1. The fraction of sp³-hybridized carbons (Fsp3) is 0.308. The van der Waals surface area contributed by atoms with E-state index >= 15 is 0 Å². The summed E-state index contributed by atoms with van der Waals surface area (Å²) in [5.74, 6) is 0. The van der Waals surface area contributed by atoms with Crippen LogP contribution in [0.4, 0.5) is 0 Å². The lowest BCUT2D eigenvalue weighted by molar-refractivity contribution is 0.718. The molecule has 0 bridgehead atoms. The number of hydrogen-bond donors (Lipinski definition) is 1. The van der Waals surface area contributed by atoms with Crippen LogP contribution in [0.5, 0.6) is 0 Å². The molecule has 1 N–H and O–H groups in total. The third kappa shape index (κ3) is 3.56. The zero-order chi connectivity index (χ0) is 12.1. The first-order chi connectivity index (χ1) is 8.29. The van der Waals surface area contributed by atoms with Gasteiger partial charge in [0.05, 0.1) is 0 Å². The third-order valence-electron chi connectivity index (χ3n) is 2.33. The fourth-order valence-electron chi connectivity index (χ4n) is 1.48. The highest BCUT2D eigenvalue weighted by Gasteiger charge is 2.06. The molecule has 0 saturated heterocycles. The minimum absolute atomic E-state index is 0.921. The van der Waals surface area contributed by atoms with E-state index in [2.05, 4.69) is 46.9 Å². The Morgan fingerprint density at radius 3 is 2.88 bits per heavy atom. The van der Waals surface area contributed by atoms with Crippen molar-refractivity contribution in [3.05, 3.63) is 40.9 Å².